The Labute approximate surface area is 167 Å². The minimum atomic E-state index is -1.01. The van der Waals surface area contributed by atoms with Crippen molar-refractivity contribution in [3.63, 3.8) is 0 Å². The van der Waals surface area contributed by atoms with Gasteiger partial charge in [-0.25, -0.2) is 0 Å². The van der Waals surface area contributed by atoms with Crippen molar-refractivity contribution in [2.45, 2.75) is 19.4 Å². The van der Waals surface area contributed by atoms with Gasteiger partial charge in [-0.2, -0.15) is 0 Å². The third kappa shape index (κ3) is 2.97. The fraction of sp³-hybridized carbons (Fsp3) is 0.217. The van der Waals surface area contributed by atoms with Crippen LogP contribution in [0.5, 0.6) is 11.5 Å². The van der Waals surface area contributed by atoms with Crippen LogP contribution in [0, 0.1) is 0 Å². The van der Waals surface area contributed by atoms with Gasteiger partial charge in [-0.3, -0.25) is 9.59 Å². The quantitative estimate of drug-likeness (QED) is 0.663. The number of benzene rings is 2. The van der Waals surface area contributed by atoms with E-state index >= 15 is 0 Å². The van der Waals surface area contributed by atoms with Crippen LogP contribution in [0.2, 0.25) is 0 Å². The normalized spacial score (nSPS) is 15.2. The maximum Gasteiger partial charge on any atom is 0.209 e. The highest BCUT2D eigenvalue weighted by Gasteiger charge is 2.40. The second-order valence-corrected chi connectivity index (χ2v) is 7.19. The Morgan fingerprint density at radius 2 is 1.62 bits per heavy atom. The van der Waals surface area contributed by atoms with Crippen molar-refractivity contribution in [3.8, 4) is 22.8 Å². The van der Waals surface area contributed by atoms with E-state index in [9.17, 15) is 9.59 Å². The predicted molar refractivity (Wildman–Crippen MR) is 109 cm³/mol. The maximum absolute atomic E-state index is 13.0. The highest BCUT2D eigenvalue weighted by molar-refractivity contribution is 6.28. The van der Waals surface area contributed by atoms with Gasteiger partial charge < -0.3 is 18.6 Å². The number of carbonyl (C=O) groups is 1. The Balaban J connectivity index is 2.10. The van der Waals surface area contributed by atoms with Gasteiger partial charge in [-0.05, 0) is 13.8 Å². The smallest absolute Gasteiger partial charge is 0.209 e. The Hall–Kier alpha value is -3.54. The Bertz CT molecular complexity index is 1200. The molecule has 1 aromatic heterocycles. The molecule has 2 heterocycles. The number of Topliss-reactive ketones (excluding diaryl/α,β-unsaturated/α-hetero) is 1. The van der Waals surface area contributed by atoms with Gasteiger partial charge in [-0.15, -0.1) is 0 Å². The van der Waals surface area contributed by atoms with E-state index in [2.05, 4.69) is 0 Å². The summed E-state index contributed by atoms with van der Waals surface area (Å²) in [5.74, 6) is 0.810. The van der Waals surface area contributed by atoms with Gasteiger partial charge >= 0.3 is 0 Å². The van der Waals surface area contributed by atoms with Gasteiger partial charge in [0.2, 0.25) is 5.78 Å². The van der Waals surface area contributed by atoms with Crippen molar-refractivity contribution in [2.75, 3.05) is 14.2 Å². The first kappa shape index (κ1) is 18.8. The van der Waals surface area contributed by atoms with Crippen molar-refractivity contribution in [1.82, 2.24) is 0 Å². The van der Waals surface area contributed by atoms with Crippen LogP contribution in [0.3, 0.4) is 0 Å². The first-order valence-electron chi connectivity index (χ1n) is 9.09. The van der Waals surface area contributed by atoms with Crippen molar-refractivity contribution >= 4 is 22.3 Å². The summed E-state index contributed by atoms with van der Waals surface area (Å²) in [5, 5.41) is 0.237. The zero-order valence-corrected chi connectivity index (χ0v) is 16.6. The molecule has 0 bridgehead atoms. The number of methoxy groups -OCH3 is 2. The number of hydrogen-bond acceptors (Lipinski definition) is 6. The molecule has 0 spiro atoms. The highest BCUT2D eigenvalue weighted by Crippen LogP contribution is 2.43. The van der Waals surface area contributed by atoms with E-state index in [0.717, 1.165) is 5.56 Å². The van der Waals surface area contributed by atoms with Crippen molar-refractivity contribution in [3.05, 3.63) is 64.5 Å². The molecule has 29 heavy (non-hydrogen) atoms. The Kier molecular flexibility index (Phi) is 4.42. The summed E-state index contributed by atoms with van der Waals surface area (Å²) in [6.07, 6.45) is 1.39. The van der Waals surface area contributed by atoms with E-state index < -0.39 is 5.60 Å². The molecule has 0 unspecified atom stereocenters. The molecule has 4 rings (SSSR count). The molecule has 6 heteroatoms. The van der Waals surface area contributed by atoms with Crippen LogP contribution < -0.4 is 14.9 Å². The van der Waals surface area contributed by atoms with Gasteiger partial charge in [-0.1, -0.05) is 30.3 Å². The SMILES string of the molecule is COc1cc(OC)c2c(=O)cc(-c3ccccc3)oc2c1C1=COC(C)(C)C1=O. The summed E-state index contributed by atoms with van der Waals surface area (Å²) in [6, 6.07) is 12.3. The molecule has 0 atom stereocenters. The van der Waals surface area contributed by atoms with Crippen LogP contribution in [0.1, 0.15) is 19.4 Å². The number of rotatable bonds is 4. The molecule has 1 aliphatic heterocycles. The van der Waals surface area contributed by atoms with Gasteiger partial charge in [0, 0.05) is 17.7 Å². The number of ketones is 1. The van der Waals surface area contributed by atoms with Gasteiger partial charge in [0.1, 0.15) is 22.6 Å². The van der Waals surface area contributed by atoms with Crippen LogP contribution in [0.25, 0.3) is 27.9 Å². The van der Waals surface area contributed by atoms with E-state index in [0.29, 0.717) is 22.8 Å². The standard InChI is InChI=1S/C23H20O6/c1-23(2)22(25)14(12-28-23)19-17(26-3)11-18(27-4)20-15(24)10-16(29-21(19)20)13-8-6-5-7-9-13/h5-12H,1-4H3. The molecule has 0 N–H and O–H groups in total. The van der Waals surface area contributed by atoms with Crippen molar-refractivity contribution in [1.29, 1.82) is 0 Å². The number of ether oxygens (including phenoxy) is 3. The van der Waals surface area contributed by atoms with Crippen LogP contribution in [-0.4, -0.2) is 25.6 Å². The fourth-order valence-corrected chi connectivity index (χ4v) is 3.41. The lowest BCUT2D eigenvalue weighted by molar-refractivity contribution is -0.125. The third-order valence-electron chi connectivity index (χ3n) is 4.96. The molecule has 0 aliphatic carbocycles. The average molecular weight is 392 g/mol. The predicted octanol–water partition coefficient (Wildman–Crippen LogP) is 4.20. The summed E-state index contributed by atoms with van der Waals surface area (Å²) in [5.41, 5.74) is 0.318. The molecule has 0 radical (unpaired) electrons. The topological polar surface area (TPSA) is 75.0 Å². The summed E-state index contributed by atoms with van der Waals surface area (Å²) in [4.78, 5) is 25.9. The molecule has 6 nitrogen and oxygen atoms in total. The largest absolute Gasteiger partial charge is 0.496 e. The highest BCUT2D eigenvalue weighted by atomic mass is 16.5. The molecular weight excluding hydrogens is 372 g/mol. The zero-order chi connectivity index (χ0) is 20.8. The zero-order valence-electron chi connectivity index (χ0n) is 16.6. The lowest BCUT2D eigenvalue weighted by atomic mass is 9.92. The van der Waals surface area contributed by atoms with Crippen LogP contribution >= 0.6 is 0 Å². The van der Waals surface area contributed by atoms with E-state index in [1.165, 1.54) is 26.5 Å². The van der Waals surface area contributed by atoms with E-state index in [-0.39, 0.29) is 27.8 Å². The van der Waals surface area contributed by atoms with E-state index in [1.54, 1.807) is 19.9 Å². The molecule has 1 aliphatic rings. The second-order valence-electron chi connectivity index (χ2n) is 7.19. The van der Waals surface area contributed by atoms with Crippen LogP contribution in [0.4, 0.5) is 0 Å². The minimum absolute atomic E-state index is 0.216. The first-order valence-corrected chi connectivity index (χ1v) is 9.09. The molecule has 0 amide bonds. The molecule has 3 aromatic rings. The van der Waals surface area contributed by atoms with Crippen molar-refractivity contribution in [2.24, 2.45) is 0 Å². The second kappa shape index (κ2) is 6.81. The fourth-order valence-electron chi connectivity index (χ4n) is 3.41. The number of carbonyl (C=O) groups excluding carboxylic acids is 1. The Morgan fingerprint density at radius 3 is 2.21 bits per heavy atom. The molecule has 148 valence electrons. The minimum Gasteiger partial charge on any atom is -0.496 e. The third-order valence-corrected chi connectivity index (χ3v) is 4.96. The maximum atomic E-state index is 13.0. The van der Waals surface area contributed by atoms with E-state index in [1.807, 2.05) is 30.3 Å². The van der Waals surface area contributed by atoms with Gasteiger partial charge in [0.15, 0.2) is 16.6 Å². The van der Waals surface area contributed by atoms with Gasteiger partial charge in [0.05, 0.1) is 31.6 Å². The molecular formula is C23H20O6. The van der Waals surface area contributed by atoms with Crippen LogP contribution in [0.15, 0.2) is 57.9 Å². The summed E-state index contributed by atoms with van der Waals surface area (Å²) in [6.45, 7) is 3.37. The van der Waals surface area contributed by atoms with Gasteiger partial charge in [0.25, 0.3) is 0 Å². The first-order chi connectivity index (χ1) is 13.9. The lowest BCUT2D eigenvalue weighted by Gasteiger charge is -2.17. The monoisotopic (exact) mass is 392 g/mol. The lowest BCUT2D eigenvalue weighted by Crippen LogP contribution is -2.29. The Morgan fingerprint density at radius 1 is 0.931 bits per heavy atom. The summed E-state index contributed by atoms with van der Waals surface area (Å²) in [7, 11) is 2.94. The van der Waals surface area contributed by atoms with E-state index in [4.69, 9.17) is 18.6 Å². The average Bonchev–Trinajstić information content (AvgIpc) is 2.99. The number of hydrogen-bond donors (Lipinski definition) is 0. The summed E-state index contributed by atoms with van der Waals surface area (Å²) >= 11 is 0. The van der Waals surface area contributed by atoms with Crippen molar-refractivity contribution < 1.29 is 23.4 Å². The molecule has 2 aromatic carbocycles. The molecule has 0 saturated heterocycles. The van der Waals surface area contributed by atoms with Crippen LogP contribution in [-0.2, 0) is 9.53 Å². The molecule has 0 fully saturated rings. The number of fused-ring (bicyclic) bond motifs is 1. The molecule has 0 saturated carbocycles. The summed E-state index contributed by atoms with van der Waals surface area (Å²) < 4.78 is 22.6.